The van der Waals surface area contributed by atoms with Crippen molar-refractivity contribution in [3.05, 3.63) is 45.6 Å². The predicted octanol–water partition coefficient (Wildman–Crippen LogP) is 3.44. The van der Waals surface area contributed by atoms with Gasteiger partial charge in [-0.2, -0.15) is 0 Å². The Morgan fingerprint density at radius 1 is 1.22 bits per heavy atom. The fraction of sp³-hybridized carbons (Fsp3) is 0.478. The lowest BCUT2D eigenvalue weighted by atomic mass is 10.2. The topological polar surface area (TPSA) is 76.6 Å². The van der Waals surface area contributed by atoms with Gasteiger partial charge >= 0.3 is 0 Å². The molecular weight excluding hydrogens is 442 g/mol. The number of nitrogens with two attached hydrogens (primary N) is 1. The molecule has 0 aliphatic carbocycles. The number of methoxy groups -OCH3 is 1. The average molecular weight is 474 g/mol. The molecule has 0 amide bonds. The van der Waals surface area contributed by atoms with Crippen molar-refractivity contribution >= 4 is 39.0 Å². The molecule has 172 valence electrons. The Bertz CT molecular complexity index is 1110. The van der Waals surface area contributed by atoms with Crippen LogP contribution >= 0.6 is 23.1 Å². The summed E-state index contributed by atoms with van der Waals surface area (Å²) in [5, 5.41) is 1.24. The first kappa shape index (κ1) is 22.9. The summed E-state index contributed by atoms with van der Waals surface area (Å²) in [6.45, 7) is 7.22. The van der Waals surface area contributed by atoms with E-state index >= 15 is 0 Å². The van der Waals surface area contributed by atoms with E-state index in [2.05, 4.69) is 33.8 Å². The highest BCUT2D eigenvalue weighted by molar-refractivity contribution is 7.99. The van der Waals surface area contributed by atoms with Crippen LogP contribution in [0, 0.1) is 0 Å². The minimum Gasteiger partial charge on any atom is -0.495 e. The molecule has 1 aliphatic heterocycles. The van der Waals surface area contributed by atoms with Gasteiger partial charge in [0.2, 0.25) is 0 Å². The molecule has 0 radical (unpaired) electrons. The van der Waals surface area contributed by atoms with Crippen LogP contribution in [0.15, 0.2) is 40.3 Å². The molecule has 0 bridgehead atoms. The summed E-state index contributed by atoms with van der Waals surface area (Å²) in [5.74, 6) is 7.87. The fourth-order valence-corrected chi connectivity index (χ4v) is 6.06. The largest absolute Gasteiger partial charge is 0.495 e. The Kier molecular flexibility index (Phi) is 7.59. The smallest absolute Gasteiger partial charge is 0.281 e. The number of nitrogens with zero attached hydrogens (tertiary/aromatic N) is 4. The second-order valence-electron chi connectivity index (χ2n) is 7.95. The summed E-state index contributed by atoms with van der Waals surface area (Å²) in [4.78, 5) is 24.2. The van der Waals surface area contributed by atoms with Crippen LogP contribution in [0.3, 0.4) is 0 Å². The Labute approximate surface area is 197 Å². The number of hydrogen-bond donors (Lipinski definition) is 1. The first-order chi connectivity index (χ1) is 15.6. The van der Waals surface area contributed by atoms with E-state index in [9.17, 15) is 4.79 Å². The third kappa shape index (κ3) is 5.05. The van der Waals surface area contributed by atoms with Crippen LogP contribution in [0.1, 0.15) is 24.6 Å². The maximum absolute atomic E-state index is 12.6. The van der Waals surface area contributed by atoms with E-state index in [4.69, 9.17) is 10.6 Å². The molecule has 0 saturated carbocycles. The zero-order valence-corrected chi connectivity index (χ0v) is 20.4. The van der Waals surface area contributed by atoms with Crippen LogP contribution in [0.2, 0.25) is 0 Å². The van der Waals surface area contributed by atoms with Gasteiger partial charge in [-0.25, -0.2) is 9.66 Å². The number of nitrogen functional groups attached to an aromatic ring is 1. The Hall–Kier alpha value is -2.23. The number of rotatable bonds is 9. The van der Waals surface area contributed by atoms with E-state index < -0.39 is 0 Å². The van der Waals surface area contributed by atoms with Crippen molar-refractivity contribution in [2.24, 2.45) is 0 Å². The Morgan fingerprint density at radius 2 is 2.00 bits per heavy atom. The number of hydrogen-bond acceptors (Lipinski definition) is 8. The summed E-state index contributed by atoms with van der Waals surface area (Å²) < 4.78 is 6.72. The molecule has 1 aromatic carbocycles. The number of benzene rings is 1. The minimum atomic E-state index is -0.149. The van der Waals surface area contributed by atoms with Gasteiger partial charge in [0.25, 0.3) is 5.56 Å². The van der Waals surface area contributed by atoms with E-state index in [-0.39, 0.29) is 5.56 Å². The second-order valence-corrected chi connectivity index (χ2v) is 10.1. The van der Waals surface area contributed by atoms with Crippen LogP contribution < -0.4 is 21.0 Å². The molecule has 32 heavy (non-hydrogen) atoms. The first-order valence-corrected chi connectivity index (χ1v) is 12.9. The lowest BCUT2D eigenvalue weighted by molar-refractivity contribution is 0.258. The molecule has 4 rings (SSSR count). The lowest BCUT2D eigenvalue weighted by Crippen LogP contribution is -2.46. The van der Waals surface area contributed by atoms with E-state index in [1.54, 1.807) is 30.2 Å². The highest BCUT2D eigenvalue weighted by Gasteiger charge is 2.19. The van der Waals surface area contributed by atoms with Gasteiger partial charge in [0.1, 0.15) is 10.6 Å². The zero-order valence-electron chi connectivity index (χ0n) is 18.7. The molecular formula is C23H31N5O2S2. The average Bonchev–Trinajstić information content (AvgIpc) is 3.23. The standard InChI is InChI=1S/C23H31N5O2S2/c1-3-7-17-16-18-21(32-17)25-23(28(24)22(18)29)31-15-6-10-26-11-13-27(14-12-26)19-8-4-5-9-20(19)30-2/h4-5,8-9,16H,3,6-7,10-15,24H2,1-2H3. The summed E-state index contributed by atoms with van der Waals surface area (Å²) in [5.41, 5.74) is 1.02. The van der Waals surface area contributed by atoms with Crippen LogP contribution in [0.5, 0.6) is 5.75 Å². The maximum atomic E-state index is 12.6. The number of piperazine rings is 1. The SMILES string of the molecule is CCCc1cc2c(=O)n(N)c(SCCCN3CCN(c4ccccc4OC)CC3)nc2s1. The van der Waals surface area contributed by atoms with Crippen molar-refractivity contribution in [3.63, 3.8) is 0 Å². The molecule has 2 N–H and O–H groups in total. The lowest BCUT2D eigenvalue weighted by Gasteiger charge is -2.36. The molecule has 3 heterocycles. The zero-order chi connectivity index (χ0) is 22.5. The summed E-state index contributed by atoms with van der Waals surface area (Å²) in [6.07, 6.45) is 3.05. The van der Waals surface area contributed by atoms with Crippen molar-refractivity contribution in [1.29, 1.82) is 0 Å². The van der Waals surface area contributed by atoms with Gasteiger partial charge in [0.05, 0.1) is 18.2 Å². The predicted molar refractivity (Wildman–Crippen MR) is 135 cm³/mol. The molecule has 1 aliphatic rings. The van der Waals surface area contributed by atoms with E-state index in [1.807, 2.05) is 18.2 Å². The molecule has 1 fully saturated rings. The van der Waals surface area contributed by atoms with Crippen LogP contribution in [-0.2, 0) is 6.42 Å². The summed E-state index contributed by atoms with van der Waals surface area (Å²) in [7, 11) is 1.72. The van der Waals surface area contributed by atoms with Gasteiger partial charge in [-0.1, -0.05) is 37.2 Å². The Morgan fingerprint density at radius 3 is 2.75 bits per heavy atom. The number of aryl methyl sites for hydroxylation is 1. The maximum Gasteiger partial charge on any atom is 0.281 e. The molecule has 7 nitrogen and oxygen atoms in total. The van der Waals surface area contributed by atoms with Crippen LogP contribution in [-0.4, -0.2) is 60.1 Å². The van der Waals surface area contributed by atoms with E-state index in [1.165, 1.54) is 15.2 Å². The quantitative estimate of drug-likeness (QED) is 0.221. The normalized spacial score (nSPS) is 14.9. The minimum absolute atomic E-state index is 0.149. The molecule has 1 saturated heterocycles. The van der Waals surface area contributed by atoms with Crippen molar-refractivity contribution < 1.29 is 4.74 Å². The number of para-hydroxylation sites is 2. The molecule has 3 aromatic rings. The number of ether oxygens (including phenoxy) is 1. The number of aromatic nitrogens is 2. The number of fused-ring (bicyclic) bond motifs is 1. The molecule has 9 heteroatoms. The van der Waals surface area contributed by atoms with Crippen molar-refractivity contribution in [2.75, 3.05) is 56.3 Å². The fourth-order valence-electron chi connectivity index (χ4n) is 4.05. The number of thiophene rings is 1. The molecule has 0 unspecified atom stereocenters. The summed E-state index contributed by atoms with van der Waals surface area (Å²) in [6, 6.07) is 10.2. The number of thioether (sulfide) groups is 1. The molecule has 0 atom stereocenters. The van der Waals surface area contributed by atoms with Gasteiger partial charge in [0, 0.05) is 36.8 Å². The summed E-state index contributed by atoms with van der Waals surface area (Å²) >= 11 is 3.18. The van der Waals surface area contributed by atoms with Crippen molar-refractivity contribution in [3.8, 4) is 5.75 Å². The third-order valence-electron chi connectivity index (χ3n) is 5.76. The van der Waals surface area contributed by atoms with E-state index in [0.717, 1.165) is 68.3 Å². The Balaban J connectivity index is 1.27. The van der Waals surface area contributed by atoms with Crippen molar-refractivity contribution in [1.82, 2.24) is 14.6 Å². The van der Waals surface area contributed by atoms with Crippen molar-refractivity contribution in [2.45, 2.75) is 31.3 Å². The number of anilines is 1. The first-order valence-electron chi connectivity index (χ1n) is 11.1. The van der Waals surface area contributed by atoms with Gasteiger partial charge in [-0.15, -0.1) is 11.3 Å². The molecule has 0 spiro atoms. The monoisotopic (exact) mass is 473 g/mol. The van der Waals surface area contributed by atoms with Gasteiger partial charge in [-0.05, 0) is 37.6 Å². The van der Waals surface area contributed by atoms with Gasteiger partial charge < -0.3 is 15.5 Å². The van der Waals surface area contributed by atoms with Crippen LogP contribution in [0.4, 0.5) is 5.69 Å². The highest BCUT2D eigenvalue weighted by atomic mass is 32.2. The molecule has 2 aromatic heterocycles. The second kappa shape index (κ2) is 10.6. The van der Waals surface area contributed by atoms with Crippen LogP contribution in [0.25, 0.3) is 10.2 Å². The highest BCUT2D eigenvalue weighted by Crippen LogP contribution is 2.28. The third-order valence-corrected chi connectivity index (χ3v) is 7.89. The van der Waals surface area contributed by atoms with E-state index in [0.29, 0.717) is 10.5 Å². The van der Waals surface area contributed by atoms with Gasteiger partial charge in [0.15, 0.2) is 5.16 Å². The van der Waals surface area contributed by atoms with Gasteiger partial charge in [-0.3, -0.25) is 9.69 Å².